The van der Waals surface area contributed by atoms with Crippen LogP contribution in [0, 0.1) is 12.3 Å². The minimum absolute atomic E-state index is 0.00444. The number of terminal acetylenes is 1. The van der Waals surface area contributed by atoms with E-state index < -0.39 is 0 Å². The largest absolute Gasteiger partial charge is 0.376 e. The molecule has 4 heteroatoms. The van der Waals surface area contributed by atoms with Crippen LogP contribution in [0.1, 0.15) is 0 Å². The Morgan fingerprint density at radius 1 is 1.38 bits per heavy atom. The molecule has 70 valence electrons. The van der Waals surface area contributed by atoms with Gasteiger partial charge in [-0.15, -0.1) is 6.42 Å². The number of carbonyl (C=O) groups is 1. The summed E-state index contributed by atoms with van der Waals surface area (Å²) in [6, 6.07) is 0. The Balaban J connectivity index is 2.02. The Labute approximate surface area is 76.8 Å². The fourth-order valence-electron chi connectivity index (χ4n) is 1.70. The lowest BCUT2D eigenvalue weighted by molar-refractivity contribution is -0.182. The molecule has 2 fully saturated rings. The summed E-state index contributed by atoms with van der Waals surface area (Å²) in [6.07, 6.45) is 5.05. The second-order valence-electron chi connectivity index (χ2n) is 3.27. The summed E-state index contributed by atoms with van der Waals surface area (Å²) in [6.45, 7) is 2.23. The Morgan fingerprint density at radius 2 is 2.00 bits per heavy atom. The first-order valence-electron chi connectivity index (χ1n) is 4.28. The van der Waals surface area contributed by atoms with Crippen LogP contribution in [0.25, 0.3) is 0 Å². The number of rotatable bonds is 0. The zero-order valence-electron chi connectivity index (χ0n) is 7.23. The maximum absolute atomic E-state index is 11.2. The van der Waals surface area contributed by atoms with E-state index in [1.54, 1.807) is 4.90 Å². The molecule has 0 aromatic carbocycles. The molecule has 0 aromatic rings. The minimum atomic E-state index is -0.250. The van der Waals surface area contributed by atoms with Crippen molar-refractivity contribution < 1.29 is 14.3 Å². The summed E-state index contributed by atoms with van der Waals surface area (Å²) in [5.41, 5.74) is 0. The molecular formula is C9H11NO3. The van der Waals surface area contributed by atoms with Crippen LogP contribution in [0.2, 0.25) is 0 Å². The number of morpholine rings is 1. The number of ether oxygens (including phenoxy) is 2. The zero-order chi connectivity index (χ0) is 9.26. The molecule has 1 amide bonds. The van der Waals surface area contributed by atoms with Crippen molar-refractivity contribution in [2.24, 2.45) is 0 Å². The molecule has 2 saturated heterocycles. The first-order chi connectivity index (χ1) is 6.29. The van der Waals surface area contributed by atoms with E-state index in [1.807, 2.05) is 0 Å². The van der Waals surface area contributed by atoms with Crippen LogP contribution in [-0.4, -0.2) is 49.3 Å². The van der Waals surface area contributed by atoms with E-state index in [9.17, 15) is 4.79 Å². The number of fused-ring (bicyclic) bond motifs is 2. The molecule has 0 aromatic heterocycles. The number of carbonyl (C=O) groups excluding carboxylic acids is 1. The van der Waals surface area contributed by atoms with Gasteiger partial charge in [-0.3, -0.25) is 4.79 Å². The highest BCUT2D eigenvalue weighted by Gasteiger charge is 2.33. The first kappa shape index (κ1) is 8.54. The molecule has 4 nitrogen and oxygen atoms in total. The van der Waals surface area contributed by atoms with Crippen LogP contribution >= 0.6 is 0 Å². The lowest BCUT2D eigenvalue weighted by Crippen LogP contribution is -2.55. The molecule has 0 saturated carbocycles. The smallest absolute Gasteiger partial charge is 0.298 e. The molecule has 2 atom stereocenters. The van der Waals surface area contributed by atoms with Gasteiger partial charge in [-0.1, -0.05) is 0 Å². The Kier molecular flexibility index (Phi) is 2.21. The highest BCUT2D eigenvalue weighted by atomic mass is 16.6. The van der Waals surface area contributed by atoms with Gasteiger partial charge in [0.15, 0.2) is 0 Å². The molecule has 2 heterocycles. The monoisotopic (exact) mass is 181 g/mol. The van der Waals surface area contributed by atoms with Gasteiger partial charge in [0.25, 0.3) is 5.91 Å². The predicted molar refractivity (Wildman–Crippen MR) is 44.9 cm³/mol. The first-order valence-corrected chi connectivity index (χ1v) is 4.28. The highest BCUT2D eigenvalue weighted by Crippen LogP contribution is 2.16. The Bertz CT molecular complexity index is 246. The van der Waals surface area contributed by atoms with Crippen LogP contribution in [0.3, 0.4) is 0 Å². The van der Waals surface area contributed by atoms with Crippen LogP contribution in [-0.2, 0) is 14.3 Å². The minimum Gasteiger partial charge on any atom is -0.376 e. The lowest BCUT2D eigenvalue weighted by Gasteiger charge is -2.40. The van der Waals surface area contributed by atoms with Gasteiger partial charge < -0.3 is 14.4 Å². The van der Waals surface area contributed by atoms with Crippen molar-refractivity contribution in [3.63, 3.8) is 0 Å². The van der Waals surface area contributed by atoms with Crippen molar-refractivity contribution in [1.82, 2.24) is 4.90 Å². The summed E-state index contributed by atoms with van der Waals surface area (Å²) in [5.74, 6) is 1.86. The van der Waals surface area contributed by atoms with Crippen molar-refractivity contribution in [2.75, 3.05) is 26.3 Å². The third-order valence-corrected chi connectivity index (χ3v) is 2.25. The quantitative estimate of drug-likeness (QED) is 0.461. The van der Waals surface area contributed by atoms with Gasteiger partial charge in [0, 0.05) is 0 Å². The molecule has 2 bridgehead atoms. The van der Waals surface area contributed by atoms with Crippen molar-refractivity contribution in [3.8, 4) is 12.3 Å². The van der Waals surface area contributed by atoms with Crippen LogP contribution in [0.5, 0.6) is 0 Å². The molecule has 13 heavy (non-hydrogen) atoms. The summed E-state index contributed by atoms with van der Waals surface area (Å²) >= 11 is 0. The number of amides is 1. The van der Waals surface area contributed by atoms with Gasteiger partial charge in [0.05, 0.1) is 38.5 Å². The molecule has 2 rings (SSSR count). The summed E-state index contributed by atoms with van der Waals surface area (Å²) < 4.78 is 10.8. The summed E-state index contributed by atoms with van der Waals surface area (Å²) in [5, 5.41) is 0. The van der Waals surface area contributed by atoms with E-state index >= 15 is 0 Å². The van der Waals surface area contributed by atoms with Gasteiger partial charge in [0.1, 0.15) is 0 Å². The van der Waals surface area contributed by atoms with Gasteiger partial charge in [-0.05, 0) is 5.92 Å². The fourth-order valence-corrected chi connectivity index (χ4v) is 1.70. The predicted octanol–water partition coefficient (Wildman–Crippen LogP) is -0.754. The Morgan fingerprint density at radius 3 is 2.54 bits per heavy atom. The van der Waals surface area contributed by atoms with E-state index in [0.29, 0.717) is 26.3 Å². The fraction of sp³-hybridized carbons (Fsp3) is 0.667. The van der Waals surface area contributed by atoms with E-state index in [1.165, 1.54) is 0 Å². The molecule has 2 aliphatic rings. The normalized spacial score (nSPS) is 32.4. The van der Waals surface area contributed by atoms with Crippen LogP contribution in [0.15, 0.2) is 0 Å². The molecule has 0 spiro atoms. The van der Waals surface area contributed by atoms with Crippen molar-refractivity contribution >= 4 is 5.91 Å². The van der Waals surface area contributed by atoms with E-state index in [2.05, 4.69) is 5.92 Å². The maximum atomic E-state index is 11.2. The second-order valence-corrected chi connectivity index (χ2v) is 3.27. The van der Waals surface area contributed by atoms with Crippen molar-refractivity contribution in [2.45, 2.75) is 12.2 Å². The van der Waals surface area contributed by atoms with Gasteiger partial charge >= 0.3 is 0 Å². The zero-order valence-corrected chi connectivity index (χ0v) is 7.23. The lowest BCUT2D eigenvalue weighted by atomic mass is 10.2. The maximum Gasteiger partial charge on any atom is 0.298 e. The van der Waals surface area contributed by atoms with Gasteiger partial charge in [0.2, 0.25) is 0 Å². The van der Waals surface area contributed by atoms with Gasteiger partial charge in [-0.2, -0.15) is 0 Å². The second kappa shape index (κ2) is 3.36. The number of hydrogen-bond acceptors (Lipinski definition) is 3. The van der Waals surface area contributed by atoms with Gasteiger partial charge in [-0.25, -0.2) is 0 Å². The van der Waals surface area contributed by atoms with E-state index in [4.69, 9.17) is 15.9 Å². The van der Waals surface area contributed by atoms with Crippen molar-refractivity contribution in [1.29, 1.82) is 0 Å². The molecule has 2 aliphatic heterocycles. The summed E-state index contributed by atoms with van der Waals surface area (Å²) in [4.78, 5) is 12.8. The highest BCUT2D eigenvalue weighted by molar-refractivity contribution is 5.93. The average molecular weight is 181 g/mol. The summed E-state index contributed by atoms with van der Waals surface area (Å²) in [7, 11) is 0. The Hall–Kier alpha value is -1.05. The standard InChI is InChI=1S/C9H11NO3/c1-2-9(11)10-3-7-5-12-6-8(4-10)13-7/h1,7-8H,3-6H2. The molecule has 0 radical (unpaired) electrons. The average Bonchev–Trinajstić information content (AvgIpc) is 2.16. The van der Waals surface area contributed by atoms with E-state index in [0.717, 1.165) is 0 Å². The third-order valence-electron chi connectivity index (χ3n) is 2.25. The third kappa shape index (κ3) is 1.67. The van der Waals surface area contributed by atoms with E-state index in [-0.39, 0.29) is 18.1 Å². The topological polar surface area (TPSA) is 38.8 Å². The number of nitrogens with zero attached hydrogens (tertiary/aromatic N) is 1. The molecular weight excluding hydrogens is 170 g/mol. The van der Waals surface area contributed by atoms with Crippen LogP contribution in [0.4, 0.5) is 0 Å². The molecule has 0 aliphatic carbocycles. The number of hydrogen-bond donors (Lipinski definition) is 0. The molecule has 2 unspecified atom stereocenters. The van der Waals surface area contributed by atoms with Crippen molar-refractivity contribution in [3.05, 3.63) is 0 Å². The molecule has 0 N–H and O–H groups in total. The SMILES string of the molecule is C#CC(=O)N1CC2COCC(C1)O2. The van der Waals surface area contributed by atoms with Crippen LogP contribution < -0.4 is 0 Å².